The summed E-state index contributed by atoms with van der Waals surface area (Å²) in [7, 11) is 8.44. The molecule has 2 nitrogen and oxygen atoms in total. The van der Waals surface area contributed by atoms with E-state index in [0.717, 1.165) is 6.54 Å². The zero-order valence-corrected chi connectivity index (χ0v) is 7.73. The van der Waals surface area contributed by atoms with Crippen molar-refractivity contribution in [1.82, 2.24) is 4.90 Å². The first-order valence-electron chi connectivity index (χ1n) is 3.67. The molecule has 0 bridgehead atoms. The second-order valence-electron chi connectivity index (χ2n) is 3.15. The number of nitrogens with one attached hydrogen (secondary N) is 1. The van der Waals surface area contributed by atoms with E-state index in [-0.39, 0.29) is 0 Å². The summed E-state index contributed by atoms with van der Waals surface area (Å²) in [6.07, 6.45) is 2.25. The van der Waals surface area contributed by atoms with Crippen molar-refractivity contribution in [1.29, 1.82) is 0 Å². The van der Waals surface area contributed by atoms with Crippen molar-refractivity contribution in [2.75, 3.05) is 34.7 Å². The highest BCUT2D eigenvalue weighted by Crippen LogP contribution is 1.92. The Morgan fingerprint density at radius 2 is 1.90 bits per heavy atom. The van der Waals surface area contributed by atoms with Gasteiger partial charge < -0.3 is 9.80 Å². The van der Waals surface area contributed by atoms with Crippen LogP contribution >= 0.6 is 0 Å². The average molecular weight is 143 g/mol. The zero-order valence-electron chi connectivity index (χ0n) is 7.73. The number of allylic oxidation sites excluding steroid dienone is 1. The second kappa shape index (κ2) is 4.34. The molecule has 1 N–H and O–H groups in total. The van der Waals surface area contributed by atoms with Crippen LogP contribution in [-0.2, 0) is 0 Å². The molecule has 0 aliphatic carbocycles. The lowest BCUT2D eigenvalue weighted by molar-refractivity contribution is -0.851. The van der Waals surface area contributed by atoms with Gasteiger partial charge in [-0.1, -0.05) is 0 Å². The summed E-state index contributed by atoms with van der Waals surface area (Å²) in [5.74, 6) is 0. The van der Waals surface area contributed by atoms with Crippen molar-refractivity contribution < 1.29 is 4.90 Å². The van der Waals surface area contributed by atoms with Crippen LogP contribution in [0.1, 0.15) is 6.92 Å². The summed E-state index contributed by atoms with van der Waals surface area (Å²) in [6.45, 7) is 3.23. The largest absolute Gasteiger partial charge is 0.381 e. The summed E-state index contributed by atoms with van der Waals surface area (Å²) < 4.78 is 0. The van der Waals surface area contributed by atoms with E-state index in [1.807, 2.05) is 0 Å². The Bertz CT molecular complexity index is 114. The van der Waals surface area contributed by atoms with Crippen LogP contribution in [0.3, 0.4) is 0 Å². The van der Waals surface area contributed by atoms with Gasteiger partial charge in [0.05, 0.1) is 20.6 Å². The van der Waals surface area contributed by atoms with Crippen LogP contribution < -0.4 is 4.90 Å². The van der Waals surface area contributed by atoms with Gasteiger partial charge in [0.25, 0.3) is 0 Å². The van der Waals surface area contributed by atoms with Crippen molar-refractivity contribution in [3.8, 4) is 0 Å². The van der Waals surface area contributed by atoms with Crippen LogP contribution in [0.25, 0.3) is 0 Å². The van der Waals surface area contributed by atoms with Crippen molar-refractivity contribution in [3.63, 3.8) is 0 Å². The lowest BCUT2D eigenvalue weighted by Crippen LogP contribution is -3.05. The molecule has 0 spiro atoms. The summed E-state index contributed by atoms with van der Waals surface area (Å²) in [5.41, 5.74) is 1.33. The molecular formula is C8H19N2+. The van der Waals surface area contributed by atoms with E-state index in [1.165, 1.54) is 10.6 Å². The predicted octanol–water partition coefficient (Wildman–Crippen LogP) is -0.404. The molecule has 0 amide bonds. The highest BCUT2D eigenvalue weighted by Gasteiger charge is 1.92. The van der Waals surface area contributed by atoms with E-state index in [1.54, 1.807) is 0 Å². The van der Waals surface area contributed by atoms with Crippen molar-refractivity contribution >= 4 is 0 Å². The first-order valence-corrected chi connectivity index (χ1v) is 3.67. The molecule has 0 heterocycles. The quantitative estimate of drug-likeness (QED) is 0.565. The number of quaternary nitrogens is 1. The van der Waals surface area contributed by atoms with Gasteiger partial charge in [-0.2, -0.15) is 0 Å². The smallest absolute Gasteiger partial charge is 0.0973 e. The van der Waals surface area contributed by atoms with Gasteiger partial charge in [-0.15, -0.1) is 0 Å². The van der Waals surface area contributed by atoms with E-state index in [2.05, 4.69) is 46.1 Å². The van der Waals surface area contributed by atoms with Crippen molar-refractivity contribution in [2.45, 2.75) is 6.92 Å². The first kappa shape index (κ1) is 9.50. The Kier molecular flexibility index (Phi) is 4.12. The monoisotopic (exact) mass is 143 g/mol. The van der Waals surface area contributed by atoms with Crippen LogP contribution in [0.2, 0.25) is 0 Å². The Hall–Kier alpha value is -0.500. The van der Waals surface area contributed by atoms with Crippen molar-refractivity contribution in [3.05, 3.63) is 11.8 Å². The van der Waals surface area contributed by atoms with Gasteiger partial charge in [0.2, 0.25) is 0 Å². The predicted molar refractivity (Wildman–Crippen MR) is 45.1 cm³/mol. The van der Waals surface area contributed by atoms with Gasteiger partial charge in [-0.3, -0.25) is 0 Å². The van der Waals surface area contributed by atoms with Crippen LogP contribution in [0.4, 0.5) is 0 Å². The maximum Gasteiger partial charge on any atom is 0.0973 e. The van der Waals surface area contributed by atoms with Crippen LogP contribution in [0.15, 0.2) is 11.8 Å². The molecule has 0 saturated carbocycles. The minimum atomic E-state index is 1.10. The lowest BCUT2D eigenvalue weighted by atomic mass is 10.4. The fourth-order valence-corrected chi connectivity index (χ4v) is 0.534. The fraction of sp³-hybridized carbons (Fsp3) is 0.750. The molecule has 10 heavy (non-hydrogen) atoms. The molecule has 0 aromatic carbocycles. The van der Waals surface area contributed by atoms with Gasteiger partial charge >= 0.3 is 0 Å². The van der Waals surface area contributed by atoms with Crippen LogP contribution in [0.5, 0.6) is 0 Å². The molecule has 0 atom stereocenters. The van der Waals surface area contributed by atoms with E-state index in [9.17, 15) is 0 Å². The average Bonchev–Trinajstić information content (AvgIpc) is 1.82. The molecule has 0 aliphatic rings. The highest BCUT2D eigenvalue weighted by molar-refractivity contribution is 4.94. The van der Waals surface area contributed by atoms with Crippen molar-refractivity contribution in [2.24, 2.45) is 0 Å². The number of likely N-dealkylation sites (N-methyl/N-ethyl adjacent to an activating group) is 1. The third-order valence-electron chi connectivity index (χ3n) is 1.51. The summed E-state index contributed by atoms with van der Waals surface area (Å²) >= 11 is 0. The van der Waals surface area contributed by atoms with Gasteiger partial charge in [0.15, 0.2) is 0 Å². The Labute approximate surface area is 64.1 Å². The molecule has 0 aromatic rings. The topological polar surface area (TPSA) is 7.68 Å². The summed E-state index contributed by atoms with van der Waals surface area (Å²) in [6, 6.07) is 0. The molecule has 0 aromatic heterocycles. The van der Waals surface area contributed by atoms with Crippen LogP contribution in [0, 0.1) is 0 Å². The molecule has 0 unspecified atom stereocenters. The Morgan fingerprint density at radius 1 is 1.40 bits per heavy atom. The molecule has 0 aliphatic heterocycles. The molecule has 60 valence electrons. The fourth-order valence-electron chi connectivity index (χ4n) is 0.534. The SMILES string of the molecule is C/C(=C\C[NH+](C)C)N(C)C. The standard InChI is InChI=1S/C8H18N2/c1-8(10(4)5)6-7-9(2)3/h6H,7H2,1-5H3/p+1/b8-6+. The number of hydrogen-bond acceptors (Lipinski definition) is 1. The Morgan fingerprint density at radius 3 is 2.20 bits per heavy atom. The minimum Gasteiger partial charge on any atom is -0.381 e. The minimum absolute atomic E-state index is 1.10. The maximum atomic E-state index is 2.25. The molecule has 0 radical (unpaired) electrons. The second-order valence-corrected chi connectivity index (χ2v) is 3.15. The Balaban J connectivity index is 3.69. The first-order chi connectivity index (χ1) is 4.54. The molecule has 0 rings (SSSR count). The van der Waals surface area contributed by atoms with E-state index in [0.29, 0.717) is 0 Å². The van der Waals surface area contributed by atoms with E-state index >= 15 is 0 Å². The van der Waals surface area contributed by atoms with E-state index in [4.69, 9.17) is 0 Å². The van der Waals surface area contributed by atoms with E-state index < -0.39 is 0 Å². The lowest BCUT2D eigenvalue weighted by Gasteiger charge is -2.12. The number of nitrogens with zero attached hydrogens (tertiary/aromatic N) is 1. The zero-order chi connectivity index (χ0) is 8.15. The number of rotatable bonds is 3. The molecule has 2 heteroatoms. The molecule has 0 fully saturated rings. The third kappa shape index (κ3) is 4.39. The molecular weight excluding hydrogens is 124 g/mol. The normalized spacial score (nSPS) is 12.4. The van der Waals surface area contributed by atoms with Crippen LogP contribution in [-0.4, -0.2) is 39.6 Å². The molecule has 0 saturated heterocycles. The van der Waals surface area contributed by atoms with Gasteiger partial charge in [0.1, 0.15) is 0 Å². The number of hydrogen-bond donors (Lipinski definition) is 1. The maximum absolute atomic E-state index is 2.25. The highest BCUT2D eigenvalue weighted by atomic mass is 15.1. The third-order valence-corrected chi connectivity index (χ3v) is 1.51. The van der Waals surface area contributed by atoms with Gasteiger partial charge in [0, 0.05) is 19.8 Å². The summed E-state index contributed by atoms with van der Waals surface area (Å²) in [5, 5.41) is 0. The summed E-state index contributed by atoms with van der Waals surface area (Å²) in [4.78, 5) is 3.59. The van der Waals surface area contributed by atoms with Gasteiger partial charge in [-0.05, 0) is 13.0 Å². The van der Waals surface area contributed by atoms with Gasteiger partial charge in [-0.25, -0.2) is 0 Å².